The van der Waals surface area contributed by atoms with Gasteiger partial charge in [-0.3, -0.25) is 14.8 Å². The standard InChI is InChI=1S/C21H20N4O2/c26-20(18-6-3-11-27-18)24-10-7-21(14-24)15-25(13-16-4-1-8-22-12-16)17-5-2-9-23-19(17)21/h1-6,8-9,11-12H,7,10,13-15H2. The van der Waals surface area contributed by atoms with Crippen molar-refractivity contribution in [3.8, 4) is 0 Å². The van der Waals surface area contributed by atoms with Gasteiger partial charge in [-0.1, -0.05) is 6.07 Å². The summed E-state index contributed by atoms with van der Waals surface area (Å²) in [5.74, 6) is 0.360. The summed E-state index contributed by atoms with van der Waals surface area (Å²) >= 11 is 0. The van der Waals surface area contributed by atoms with Crippen molar-refractivity contribution >= 4 is 11.6 Å². The van der Waals surface area contributed by atoms with E-state index in [4.69, 9.17) is 9.40 Å². The normalized spacial score (nSPS) is 21.0. The molecule has 0 saturated carbocycles. The third-order valence-corrected chi connectivity index (χ3v) is 5.59. The Balaban J connectivity index is 1.43. The molecule has 6 heteroatoms. The molecule has 0 aromatic carbocycles. The van der Waals surface area contributed by atoms with E-state index in [1.165, 1.54) is 5.56 Å². The minimum atomic E-state index is -0.124. The number of carbonyl (C=O) groups excluding carboxylic acids is 1. The van der Waals surface area contributed by atoms with E-state index in [0.717, 1.165) is 37.4 Å². The lowest BCUT2D eigenvalue weighted by Gasteiger charge is -2.25. The Morgan fingerprint density at radius 3 is 2.89 bits per heavy atom. The van der Waals surface area contributed by atoms with Crippen molar-refractivity contribution < 1.29 is 9.21 Å². The maximum absolute atomic E-state index is 12.7. The predicted molar refractivity (Wildman–Crippen MR) is 100 cm³/mol. The fourth-order valence-electron chi connectivity index (χ4n) is 4.36. The molecule has 1 unspecified atom stereocenters. The molecule has 3 aromatic heterocycles. The highest BCUT2D eigenvalue weighted by Gasteiger charge is 2.49. The summed E-state index contributed by atoms with van der Waals surface area (Å²) < 4.78 is 5.30. The lowest BCUT2D eigenvalue weighted by molar-refractivity contribution is 0.0752. The van der Waals surface area contributed by atoms with E-state index in [9.17, 15) is 4.79 Å². The van der Waals surface area contributed by atoms with Crippen LogP contribution in [0.2, 0.25) is 0 Å². The first-order valence-electron chi connectivity index (χ1n) is 9.17. The number of hydrogen-bond acceptors (Lipinski definition) is 5. The average Bonchev–Trinajstić information content (AvgIpc) is 3.44. The molecule has 1 atom stereocenters. The van der Waals surface area contributed by atoms with Gasteiger partial charge in [0.05, 0.1) is 23.1 Å². The molecule has 1 spiro atoms. The maximum Gasteiger partial charge on any atom is 0.289 e. The molecular formula is C21H20N4O2. The Labute approximate surface area is 157 Å². The number of aromatic nitrogens is 2. The van der Waals surface area contributed by atoms with E-state index in [0.29, 0.717) is 12.3 Å². The summed E-state index contributed by atoms with van der Waals surface area (Å²) in [6.45, 7) is 3.03. The Kier molecular flexibility index (Phi) is 3.70. The monoisotopic (exact) mass is 360 g/mol. The number of likely N-dealkylation sites (tertiary alicyclic amines) is 1. The first kappa shape index (κ1) is 16.1. The van der Waals surface area contributed by atoms with Gasteiger partial charge in [-0.2, -0.15) is 0 Å². The molecule has 1 fully saturated rings. The fraction of sp³-hybridized carbons (Fsp3) is 0.286. The van der Waals surface area contributed by atoms with E-state index in [-0.39, 0.29) is 11.3 Å². The topological polar surface area (TPSA) is 62.5 Å². The number of anilines is 1. The molecule has 2 aliphatic rings. The van der Waals surface area contributed by atoms with Gasteiger partial charge in [-0.25, -0.2) is 0 Å². The second-order valence-electron chi connectivity index (χ2n) is 7.32. The molecule has 1 saturated heterocycles. The summed E-state index contributed by atoms with van der Waals surface area (Å²) in [6.07, 6.45) is 8.00. The number of rotatable bonds is 3. The SMILES string of the molecule is O=C(c1ccco1)N1CCC2(C1)CN(Cc1cccnc1)c1cccnc12. The number of pyridine rings is 2. The second-order valence-corrected chi connectivity index (χ2v) is 7.32. The third kappa shape index (κ3) is 2.68. The third-order valence-electron chi connectivity index (χ3n) is 5.59. The molecule has 6 nitrogen and oxygen atoms in total. The molecular weight excluding hydrogens is 340 g/mol. The predicted octanol–water partition coefficient (Wildman–Crippen LogP) is 2.87. The van der Waals surface area contributed by atoms with Gasteiger partial charge in [0, 0.05) is 44.8 Å². The van der Waals surface area contributed by atoms with Gasteiger partial charge < -0.3 is 14.2 Å². The molecule has 27 heavy (non-hydrogen) atoms. The van der Waals surface area contributed by atoms with Crippen molar-refractivity contribution in [3.63, 3.8) is 0 Å². The first-order valence-corrected chi connectivity index (χ1v) is 9.17. The van der Waals surface area contributed by atoms with Crippen LogP contribution in [0.4, 0.5) is 5.69 Å². The van der Waals surface area contributed by atoms with Gasteiger partial charge in [0.2, 0.25) is 0 Å². The van der Waals surface area contributed by atoms with Crippen LogP contribution in [0, 0.1) is 0 Å². The largest absolute Gasteiger partial charge is 0.459 e. The van der Waals surface area contributed by atoms with Crippen LogP contribution in [-0.2, 0) is 12.0 Å². The molecule has 1 amide bonds. The molecule has 0 aliphatic carbocycles. The van der Waals surface area contributed by atoms with Crippen molar-refractivity contribution in [2.45, 2.75) is 18.4 Å². The van der Waals surface area contributed by atoms with E-state index in [1.54, 1.807) is 24.6 Å². The van der Waals surface area contributed by atoms with E-state index < -0.39 is 0 Å². The number of furan rings is 1. The number of nitrogens with zero attached hydrogens (tertiary/aromatic N) is 4. The highest BCUT2D eigenvalue weighted by Crippen LogP contribution is 2.45. The van der Waals surface area contributed by atoms with Crippen LogP contribution in [0.5, 0.6) is 0 Å². The Hall–Kier alpha value is -3.15. The van der Waals surface area contributed by atoms with Gasteiger partial charge in [0.15, 0.2) is 5.76 Å². The zero-order valence-electron chi connectivity index (χ0n) is 14.9. The van der Waals surface area contributed by atoms with Crippen LogP contribution in [0.25, 0.3) is 0 Å². The average molecular weight is 360 g/mol. The van der Waals surface area contributed by atoms with Gasteiger partial charge in [-0.05, 0) is 42.3 Å². The summed E-state index contributed by atoms with van der Waals surface area (Å²) in [5, 5.41) is 0. The number of amides is 1. The van der Waals surface area contributed by atoms with Gasteiger partial charge in [-0.15, -0.1) is 0 Å². The first-order chi connectivity index (χ1) is 13.3. The molecule has 5 rings (SSSR count). The smallest absolute Gasteiger partial charge is 0.289 e. The molecule has 2 aliphatic heterocycles. The van der Waals surface area contributed by atoms with Crippen molar-refractivity contribution in [2.75, 3.05) is 24.5 Å². The molecule has 136 valence electrons. The second kappa shape index (κ2) is 6.23. The van der Waals surface area contributed by atoms with Crippen molar-refractivity contribution in [1.29, 1.82) is 0 Å². The Morgan fingerprint density at radius 1 is 1.15 bits per heavy atom. The number of fused-ring (bicyclic) bond motifs is 2. The van der Waals surface area contributed by atoms with Gasteiger partial charge in [0.1, 0.15) is 0 Å². The molecule has 5 heterocycles. The Morgan fingerprint density at radius 2 is 2.07 bits per heavy atom. The molecule has 3 aromatic rings. The van der Waals surface area contributed by atoms with E-state index in [2.05, 4.69) is 22.0 Å². The van der Waals surface area contributed by atoms with Gasteiger partial charge >= 0.3 is 0 Å². The van der Waals surface area contributed by atoms with Crippen LogP contribution >= 0.6 is 0 Å². The summed E-state index contributed by atoms with van der Waals surface area (Å²) in [7, 11) is 0. The van der Waals surface area contributed by atoms with Crippen molar-refractivity contribution in [3.05, 3.63) is 78.3 Å². The zero-order chi connectivity index (χ0) is 18.3. The molecule has 0 radical (unpaired) electrons. The van der Waals surface area contributed by atoms with Gasteiger partial charge in [0.25, 0.3) is 5.91 Å². The van der Waals surface area contributed by atoms with Crippen LogP contribution < -0.4 is 4.90 Å². The Bertz CT molecular complexity index is 957. The lowest BCUT2D eigenvalue weighted by Crippen LogP contribution is -2.38. The number of carbonyl (C=O) groups is 1. The fourth-order valence-corrected chi connectivity index (χ4v) is 4.36. The summed E-state index contributed by atoms with van der Waals surface area (Å²) in [6, 6.07) is 11.6. The highest BCUT2D eigenvalue weighted by molar-refractivity contribution is 5.91. The quantitative estimate of drug-likeness (QED) is 0.719. The molecule has 0 N–H and O–H groups in total. The van der Waals surface area contributed by atoms with Crippen molar-refractivity contribution in [2.24, 2.45) is 0 Å². The minimum absolute atomic E-state index is 0.0416. The summed E-state index contributed by atoms with van der Waals surface area (Å²) in [4.78, 5) is 25.9. The highest BCUT2D eigenvalue weighted by atomic mass is 16.3. The number of hydrogen-bond donors (Lipinski definition) is 0. The van der Waals surface area contributed by atoms with Crippen molar-refractivity contribution in [1.82, 2.24) is 14.9 Å². The zero-order valence-corrected chi connectivity index (χ0v) is 14.9. The van der Waals surface area contributed by atoms with Crippen LogP contribution in [0.1, 0.15) is 28.2 Å². The van der Waals surface area contributed by atoms with Crippen LogP contribution in [0.15, 0.2) is 65.7 Å². The maximum atomic E-state index is 12.7. The summed E-state index contributed by atoms with van der Waals surface area (Å²) in [5.41, 5.74) is 3.31. The lowest BCUT2D eigenvalue weighted by atomic mass is 9.85. The molecule has 0 bridgehead atoms. The van der Waals surface area contributed by atoms with Crippen LogP contribution in [0.3, 0.4) is 0 Å². The van der Waals surface area contributed by atoms with E-state index >= 15 is 0 Å². The minimum Gasteiger partial charge on any atom is -0.459 e. The van der Waals surface area contributed by atoms with E-state index in [1.807, 2.05) is 29.4 Å². The van der Waals surface area contributed by atoms with Crippen LogP contribution in [-0.4, -0.2) is 40.4 Å².